The molecule has 88 valence electrons. The van der Waals surface area contributed by atoms with Gasteiger partial charge in [-0.15, -0.1) is 0 Å². The first-order chi connectivity index (χ1) is 7.74. The van der Waals surface area contributed by atoms with Crippen molar-refractivity contribution in [2.24, 2.45) is 5.41 Å². The highest BCUT2D eigenvalue weighted by Gasteiger charge is 2.31. The van der Waals surface area contributed by atoms with E-state index in [0.717, 1.165) is 36.8 Å². The van der Waals surface area contributed by atoms with Crippen LogP contribution in [0.5, 0.6) is 0 Å². The van der Waals surface area contributed by atoms with E-state index in [9.17, 15) is 5.11 Å². The summed E-state index contributed by atoms with van der Waals surface area (Å²) in [6, 6.07) is 2.09. The minimum Gasteiger partial charge on any atom is -0.396 e. The van der Waals surface area contributed by atoms with Crippen molar-refractivity contribution in [3.05, 3.63) is 28.5 Å². The van der Waals surface area contributed by atoms with E-state index in [1.54, 1.807) is 6.20 Å². The molecule has 0 spiro atoms. The third-order valence-electron chi connectivity index (χ3n) is 3.34. The first kappa shape index (κ1) is 12.0. The van der Waals surface area contributed by atoms with Gasteiger partial charge in [-0.2, -0.15) is 0 Å². The number of piperidine rings is 1. The number of aliphatic hydroxyl groups excluding tert-OH is 1. The molecule has 1 aliphatic rings. The lowest BCUT2D eigenvalue weighted by atomic mass is 9.75. The number of aromatic nitrogens is 1. The summed E-state index contributed by atoms with van der Waals surface area (Å²) in [7, 11) is 0. The molecule has 2 rings (SSSR count). The van der Waals surface area contributed by atoms with Crippen LogP contribution in [-0.4, -0.2) is 29.8 Å². The number of hydrogen-bond acceptors (Lipinski definition) is 3. The van der Waals surface area contributed by atoms with Crippen LogP contribution in [0.2, 0.25) is 0 Å². The summed E-state index contributed by atoms with van der Waals surface area (Å²) in [5.74, 6) is 0. The van der Waals surface area contributed by atoms with Crippen LogP contribution < -0.4 is 5.32 Å². The van der Waals surface area contributed by atoms with E-state index in [4.69, 9.17) is 0 Å². The van der Waals surface area contributed by atoms with Crippen LogP contribution in [-0.2, 0) is 6.42 Å². The maximum Gasteiger partial charge on any atom is 0.0491 e. The van der Waals surface area contributed by atoms with Gasteiger partial charge in [0.2, 0.25) is 0 Å². The molecule has 0 aromatic carbocycles. The highest BCUT2D eigenvalue weighted by Crippen LogP contribution is 2.32. The van der Waals surface area contributed by atoms with Gasteiger partial charge in [-0.25, -0.2) is 0 Å². The summed E-state index contributed by atoms with van der Waals surface area (Å²) < 4.78 is 1.01. The van der Waals surface area contributed by atoms with Gasteiger partial charge in [0.25, 0.3) is 0 Å². The number of aliphatic hydroxyl groups is 1. The zero-order chi connectivity index (χ0) is 11.4. The van der Waals surface area contributed by atoms with Crippen molar-refractivity contribution in [1.82, 2.24) is 10.3 Å². The Morgan fingerprint density at radius 3 is 2.75 bits per heavy atom. The van der Waals surface area contributed by atoms with E-state index in [0.29, 0.717) is 0 Å². The van der Waals surface area contributed by atoms with Gasteiger partial charge in [0, 0.05) is 23.5 Å². The smallest absolute Gasteiger partial charge is 0.0491 e. The second-order valence-corrected chi connectivity index (χ2v) is 5.51. The minimum atomic E-state index is 0.0493. The lowest BCUT2D eigenvalue weighted by Crippen LogP contribution is -2.40. The summed E-state index contributed by atoms with van der Waals surface area (Å²) in [6.45, 7) is 2.27. The molecule has 0 bridgehead atoms. The van der Waals surface area contributed by atoms with Crippen molar-refractivity contribution in [2.45, 2.75) is 19.3 Å². The molecule has 0 aliphatic carbocycles. The Bertz CT molecular complexity index is 351. The number of nitrogens with zero attached hydrogens (tertiary/aromatic N) is 1. The number of nitrogens with one attached hydrogen (secondary N) is 1. The fraction of sp³-hybridized carbons (Fsp3) is 0.583. The largest absolute Gasteiger partial charge is 0.396 e. The van der Waals surface area contributed by atoms with Gasteiger partial charge in [0.1, 0.15) is 0 Å². The van der Waals surface area contributed by atoms with Crippen LogP contribution >= 0.6 is 15.9 Å². The predicted octanol–water partition coefficient (Wildman–Crippen LogP) is 1.75. The molecule has 2 N–H and O–H groups in total. The van der Waals surface area contributed by atoms with Gasteiger partial charge in [0.15, 0.2) is 0 Å². The molecule has 1 saturated heterocycles. The molecule has 0 atom stereocenters. The van der Waals surface area contributed by atoms with Gasteiger partial charge in [-0.1, -0.05) is 0 Å². The summed E-state index contributed by atoms with van der Waals surface area (Å²) in [6.07, 6.45) is 6.67. The molecule has 16 heavy (non-hydrogen) atoms. The fourth-order valence-corrected chi connectivity index (χ4v) is 2.75. The summed E-state index contributed by atoms with van der Waals surface area (Å²) in [5, 5.41) is 12.9. The van der Waals surface area contributed by atoms with Gasteiger partial charge in [-0.05, 0) is 65.3 Å². The van der Waals surface area contributed by atoms with E-state index >= 15 is 0 Å². The van der Waals surface area contributed by atoms with Crippen molar-refractivity contribution < 1.29 is 5.11 Å². The number of pyridine rings is 1. The molecule has 1 aromatic rings. The first-order valence-corrected chi connectivity index (χ1v) is 6.44. The first-order valence-electron chi connectivity index (χ1n) is 5.65. The Balaban J connectivity index is 2.11. The molecule has 1 aliphatic heterocycles. The van der Waals surface area contributed by atoms with Crippen molar-refractivity contribution in [3.63, 3.8) is 0 Å². The molecule has 1 aromatic heterocycles. The normalized spacial score (nSPS) is 19.6. The third-order valence-corrected chi connectivity index (χ3v) is 3.77. The SMILES string of the molecule is OCC1(Cc2cncc(Br)c2)CCNCC1. The molecule has 0 saturated carbocycles. The van der Waals surface area contributed by atoms with Crippen LogP contribution in [0.25, 0.3) is 0 Å². The quantitative estimate of drug-likeness (QED) is 0.889. The van der Waals surface area contributed by atoms with Crippen LogP contribution in [0, 0.1) is 5.41 Å². The van der Waals surface area contributed by atoms with Crippen LogP contribution in [0.15, 0.2) is 22.9 Å². The van der Waals surface area contributed by atoms with Crippen LogP contribution in [0.1, 0.15) is 18.4 Å². The maximum atomic E-state index is 9.61. The Hall–Kier alpha value is -0.450. The highest BCUT2D eigenvalue weighted by molar-refractivity contribution is 9.10. The Morgan fingerprint density at radius 2 is 2.12 bits per heavy atom. The number of hydrogen-bond donors (Lipinski definition) is 2. The molecular weight excluding hydrogens is 268 g/mol. The average molecular weight is 285 g/mol. The molecular formula is C12H17BrN2O. The Labute approximate surface area is 104 Å². The predicted molar refractivity (Wildman–Crippen MR) is 67.3 cm³/mol. The molecule has 3 nitrogen and oxygen atoms in total. The molecule has 1 fully saturated rings. The Morgan fingerprint density at radius 1 is 1.38 bits per heavy atom. The third kappa shape index (κ3) is 2.81. The van der Waals surface area contributed by atoms with E-state index in [2.05, 4.69) is 32.3 Å². The van der Waals surface area contributed by atoms with Crippen molar-refractivity contribution in [2.75, 3.05) is 19.7 Å². The molecule has 0 unspecified atom stereocenters. The number of rotatable bonds is 3. The zero-order valence-corrected chi connectivity index (χ0v) is 10.8. The topological polar surface area (TPSA) is 45.2 Å². The number of halogens is 1. The van der Waals surface area contributed by atoms with E-state index in [-0.39, 0.29) is 12.0 Å². The average Bonchev–Trinajstić information content (AvgIpc) is 2.30. The molecule has 4 heteroatoms. The molecule has 2 heterocycles. The molecule has 0 amide bonds. The van der Waals surface area contributed by atoms with Gasteiger partial charge >= 0.3 is 0 Å². The van der Waals surface area contributed by atoms with Gasteiger partial charge in [0.05, 0.1) is 0 Å². The Kier molecular flexibility index (Phi) is 3.95. The van der Waals surface area contributed by atoms with Crippen molar-refractivity contribution in [3.8, 4) is 0 Å². The van der Waals surface area contributed by atoms with Crippen molar-refractivity contribution >= 4 is 15.9 Å². The second-order valence-electron chi connectivity index (χ2n) is 4.60. The second kappa shape index (κ2) is 5.25. The van der Waals surface area contributed by atoms with Crippen LogP contribution in [0.4, 0.5) is 0 Å². The highest BCUT2D eigenvalue weighted by atomic mass is 79.9. The standard InChI is InChI=1S/C12H17BrN2O/c13-11-5-10(7-15-8-11)6-12(9-16)1-3-14-4-2-12/h5,7-8,14,16H,1-4,6,9H2. The summed E-state index contributed by atoms with van der Waals surface area (Å²) >= 11 is 3.43. The maximum absolute atomic E-state index is 9.61. The van der Waals surface area contributed by atoms with E-state index in [1.165, 1.54) is 5.56 Å². The van der Waals surface area contributed by atoms with E-state index in [1.807, 2.05) is 6.20 Å². The summed E-state index contributed by atoms with van der Waals surface area (Å²) in [4.78, 5) is 4.17. The minimum absolute atomic E-state index is 0.0493. The van der Waals surface area contributed by atoms with Crippen LogP contribution in [0.3, 0.4) is 0 Å². The lowest BCUT2D eigenvalue weighted by Gasteiger charge is -2.36. The van der Waals surface area contributed by atoms with Crippen molar-refractivity contribution in [1.29, 1.82) is 0 Å². The zero-order valence-electron chi connectivity index (χ0n) is 9.25. The van der Waals surface area contributed by atoms with Gasteiger partial charge in [-0.3, -0.25) is 4.98 Å². The summed E-state index contributed by atoms with van der Waals surface area (Å²) in [5.41, 5.74) is 1.25. The monoisotopic (exact) mass is 284 g/mol. The van der Waals surface area contributed by atoms with Gasteiger partial charge < -0.3 is 10.4 Å². The lowest BCUT2D eigenvalue weighted by molar-refractivity contribution is 0.0892. The fourth-order valence-electron chi connectivity index (χ4n) is 2.33. The molecule has 0 radical (unpaired) electrons. The van der Waals surface area contributed by atoms with E-state index < -0.39 is 0 Å².